The highest BCUT2D eigenvalue weighted by Gasteiger charge is 2.33. The number of carbonyl (C=O) groups excluding carboxylic acids is 1. The standard InChI is InChI=1S/C17H33NO2S/c1-4-6-7-8-9-10-11-12-14(3)16-18-15(13-21-16)17(19)20-5-2/h14-16,18H,4-13H2,1-3H3. The highest BCUT2D eigenvalue weighted by atomic mass is 32.2. The van der Waals surface area contributed by atoms with Gasteiger partial charge in [-0.05, 0) is 19.3 Å². The highest BCUT2D eigenvalue weighted by Crippen LogP contribution is 2.28. The van der Waals surface area contributed by atoms with Crippen molar-refractivity contribution in [3.63, 3.8) is 0 Å². The van der Waals surface area contributed by atoms with Crippen LogP contribution in [0.2, 0.25) is 0 Å². The molecule has 124 valence electrons. The van der Waals surface area contributed by atoms with Crippen molar-refractivity contribution < 1.29 is 9.53 Å². The van der Waals surface area contributed by atoms with Crippen LogP contribution in [-0.4, -0.2) is 29.7 Å². The molecule has 1 aliphatic heterocycles. The zero-order valence-corrected chi connectivity index (χ0v) is 14.8. The lowest BCUT2D eigenvalue weighted by Crippen LogP contribution is -2.40. The molecule has 0 saturated carbocycles. The molecule has 0 aromatic carbocycles. The Morgan fingerprint density at radius 1 is 1.19 bits per heavy atom. The Morgan fingerprint density at radius 2 is 1.86 bits per heavy atom. The summed E-state index contributed by atoms with van der Waals surface area (Å²) in [4.78, 5) is 11.7. The number of thioether (sulfide) groups is 1. The third kappa shape index (κ3) is 7.55. The van der Waals surface area contributed by atoms with Crippen LogP contribution < -0.4 is 5.32 Å². The van der Waals surface area contributed by atoms with Gasteiger partial charge in [-0.3, -0.25) is 10.1 Å². The van der Waals surface area contributed by atoms with E-state index < -0.39 is 0 Å². The van der Waals surface area contributed by atoms with Gasteiger partial charge in [-0.1, -0.05) is 58.8 Å². The van der Waals surface area contributed by atoms with Crippen molar-refractivity contribution in [3.05, 3.63) is 0 Å². The molecule has 4 heteroatoms. The van der Waals surface area contributed by atoms with E-state index in [-0.39, 0.29) is 12.0 Å². The number of esters is 1. The van der Waals surface area contributed by atoms with Gasteiger partial charge >= 0.3 is 5.97 Å². The fourth-order valence-corrected chi connectivity index (χ4v) is 4.13. The van der Waals surface area contributed by atoms with Crippen LogP contribution in [0.25, 0.3) is 0 Å². The zero-order chi connectivity index (χ0) is 15.5. The SMILES string of the molecule is CCCCCCCCCC(C)C1NC(C(=O)OCC)CS1. The van der Waals surface area contributed by atoms with E-state index in [0.29, 0.717) is 17.9 Å². The van der Waals surface area contributed by atoms with Gasteiger partial charge in [0.1, 0.15) is 6.04 Å². The Kier molecular flexibility index (Phi) is 10.2. The number of ether oxygens (including phenoxy) is 1. The second-order valence-corrected chi connectivity index (χ2v) is 7.29. The second-order valence-electron chi connectivity index (χ2n) is 6.11. The van der Waals surface area contributed by atoms with E-state index in [4.69, 9.17) is 4.74 Å². The molecule has 1 aliphatic rings. The van der Waals surface area contributed by atoms with Crippen LogP contribution in [0.4, 0.5) is 0 Å². The molecule has 0 spiro atoms. The lowest BCUT2D eigenvalue weighted by molar-refractivity contribution is -0.144. The number of nitrogens with one attached hydrogen (secondary N) is 1. The zero-order valence-electron chi connectivity index (χ0n) is 14.0. The van der Waals surface area contributed by atoms with Crippen LogP contribution in [0.15, 0.2) is 0 Å². The quantitative estimate of drug-likeness (QED) is 0.454. The van der Waals surface area contributed by atoms with Crippen molar-refractivity contribution in [1.82, 2.24) is 5.32 Å². The molecule has 21 heavy (non-hydrogen) atoms. The van der Waals surface area contributed by atoms with Gasteiger partial charge in [0.25, 0.3) is 0 Å². The summed E-state index contributed by atoms with van der Waals surface area (Å²) in [5.41, 5.74) is 0. The molecule has 0 aliphatic carbocycles. The van der Waals surface area contributed by atoms with E-state index in [1.165, 1.54) is 51.4 Å². The summed E-state index contributed by atoms with van der Waals surface area (Å²) in [5, 5.41) is 3.85. The topological polar surface area (TPSA) is 38.3 Å². The van der Waals surface area contributed by atoms with E-state index in [0.717, 1.165) is 5.75 Å². The van der Waals surface area contributed by atoms with Crippen LogP contribution in [0.5, 0.6) is 0 Å². The molecule has 1 saturated heterocycles. The van der Waals surface area contributed by atoms with Gasteiger partial charge < -0.3 is 4.74 Å². The second kappa shape index (κ2) is 11.4. The smallest absolute Gasteiger partial charge is 0.324 e. The average Bonchev–Trinajstić information content (AvgIpc) is 2.96. The van der Waals surface area contributed by atoms with Gasteiger partial charge in [-0.25, -0.2) is 0 Å². The molecule has 1 heterocycles. The number of unbranched alkanes of at least 4 members (excludes halogenated alkanes) is 6. The third-order valence-corrected chi connectivity index (χ3v) is 5.64. The summed E-state index contributed by atoms with van der Waals surface area (Å²) in [7, 11) is 0. The minimum Gasteiger partial charge on any atom is -0.465 e. The largest absolute Gasteiger partial charge is 0.465 e. The third-order valence-electron chi connectivity index (χ3n) is 4.16. The Labute approximate surface area is 135 Å². The molecule has 1 fully saturated rings. The maximum Gasteiger partial charge on any atom is 0.324 e. The molecule has 3 unspecified atom stereocenters. The molecule has 0 radical (unpaired) electrons. The minimum absolute atomic E-state index is 0.0874. The predicted molar refractivity (Wildman–Crippen MR) is 91.6 cm³/mol. The summed E-state index contributed by atoms with van der Waals surface area (Å²) < 4.78 is 5.08. The molecule has 1 N–H and O–H groups in total. The number of carbonyl (C=O) groups is 1. The molecular weight excluding hydrogens is 282 g/mol. The molecule has 0 aromatic heterocycles. The Hall–Kier alpha value is -0.220. The summed E-state index contributed by atoms with van der Waals surface area (Å²) >= 11 is 1.88. The van der Waals surface area contributed by atoms with Gasteiger partial charge in [0.2, 0.25) is 0 Å². The first-order valence-corrected chi connectivity index (χ1v) is 9.78. The van der Waals surface area contributed by atoms with E-state index in [9.17, 15) is 4.79 Å². The number of hydrogen-bond donors (Lipinski definition) is 1. The minimum atomic E-state index is -0.101. The van der Waals surface area contributed by atoms with Crippen molar-refractivity contribution in [2.75, 3.05) is 12.4 Å². The monoisotopic (exact) mass is 315 g/mol. The molecule has 0 amide bonds. The van der Waals surface area contributed by atoms with E-state index in [1.807, 2.05) is 18.7 Å². The first-order chi connectivity index (χ1) is 10.2. The van der Waals surface area contributed by atoms with Crippen LogP contribution >= 0.6 is 11.8 Å². The summed E-state index contributed by atoms with van der Waals surface area (Å²) in [5.74, 6) is 1.39. The van der Waals surface area contributed by atoms with E-state index >= 15 is 0 Å². The van der Waals surface area contributed by atoms with Crippen molar-refractivity contribution >= 4 is 17.7 Å². The molecule has 3 nitrogen and oxygen atoms in total. The highest BCUT2D eigenvalue weighted by molar-refractivity contribution is 8.00. The van der Waals surface area contributed by atoms with Crippen molar-refractivity contribution in [3.8, 4) is 0 Å². The van der Waals surface area contributed by atoms with Crippen molar-refractivity contribution in [2.24, 2.45) is 5.92 Å². The van der Waals surface area contributed by atoms with Crippen LogP contribution in [-0.2, 0) is 9.53 Å². The average molecular weight is 316 g/mol. The van der Waals surface area contributed by atoms with Crippen molar-refractivity contribution in [1.29, 1.82) is 0 Å². The molecule has 3 atom stereocenters. The lowest BCUT2D eigenvalue weighted by atomic mass is 10.0. The van der Waals surface area contributed by atoms with Gasteiger partial charge in [0.05, 0.1) is 12.0 Å². The van der Waals surface area contributed by atoms with Gasteiger partial charge in [0, 0.05) is 5.75 Å². The van der Waals surface area contributed by atoms with Gasteiger partial charge in [-0.15, -0.1) is 11.8 Å². The van der Waals surface area contributed by atoms with Crippen LogP contribution in [0.1, 0.15) is 72.1 Å². The van der Waals surface area contributed by atoms with Gasteiger partial charge in [0.15, 0.2) is 0 Å². The summed E-state index contributed by atoms with van der Waals surface area (Å²) in [6.07, 6.45) is 10.8. The summed E-state index contributed by atoms with van der Waals surface area (Å²) in [6, 6.07) is -0.101. The van der Waals surface area contributed by atoms with Crippen molar-refractivity contribution in [2.45, 2.75) is 83.6 Å². The normalized spacial score (nSPS) is 23.2. The Bertz CT molecular complexity index is 286. The Morgan fingerprint density at radius 3 is 2.52 bits per heavy atom. The molecule has 1 rings (SSSR count). The first kappa shape index (κ1) is 18.8. The fourth-order valence-electron chi connectivity index (χ4n) is 2.78. The summed E-state index contributed by atoms with van der Waals surface area (Å²) in [6.45, 7) is 6.90. The molecular formula is C17H33NO2S. The van der Waals surface area contributed by atoms with Crippen LogP contribution in [0.3, 0.4) is 0 Å². The number of rotatable bonds is 11. The van der Waals surface area contributed by atoms with E-state index in [2.05, 4.69) is 19.2 Å². The molecule has 0 aromatic rings. The lowest BCUT2D eigenvalue weighted by Gasteiger charge is -2.19. The number of hydrogen-bond acceptors (Lipinski definition) is 4. The van der Waals surface area contributed by atoms with Gasteiger partial charge in [-0.2, -0.15) is 0 Å². The first-order valence-electron chi connectivity index (χ1n) is 8.73. The molecule has 0 bridgehead atoms. The maximum absolute atomic E-state index is 11.7. The predicted octanol–water partition coefficient (Wildman–Crippen LogP) is 4.36. The Balaban J connectivity index is 2.08. The fraction of sp³-hybridized carbons (Fsp3) is 0.941. The van der Waals surface area contributed by atoms with E-state index in [1.54, 1.807) is 0 Å². The maximum atomic E-state index is 11.7. The van der Waals surface area contributed by atoms with Crippen LogP contribution in [0, 0.1) is 5.92 Å².